The Labute approximate surface area is 125 Å². The van der Waals surface area contributed by atoms with Crippen LogP contribution >= 0.6 is 11.6 Å². The number of hydrogen-bond acceptors (Lipinski definition) is 3. The van der Waals surface area contributed by atoms with Crippen LogP contribution in [0.5, 0.6) is 11.5 Å². The summed E-state index contributed by atoms with van der Waals surface area (Å²) < 4.78 is 11.3. The lowest BCUT2D eigenvalue weighted by atomic mass is 10.2. The van der Waals surface area contributed by atoms with Gasteiger partial charge in [0.1, 0.15) is 0 Å². The molecule has 0 radical (unpaired) electrons. The van der Waals surface area contributed by atoms with Crippen LogP contribution in [-0.4, -0.2) is 19.8 Å². The number of fused-ring (bicyclic) bond motifs is 1. The van der Waals surface area contributed by atoms with E-state index in [-0.39, 0.29) is 0 Å². The molecule has 0 aliphatic carbocycles. The summed E-state index contributed by atoms with van der Waals surface area (Å²) in [5.41, 5.74) is 1.11. The largest absolute Gasteiger partial charge is 0.489 e. The van der Waals surface area contributed by atoms with Crippen molar-refractivity contribution in [3.05, 3.63) is 22.7 Å². The molecule has 1 aromatic carbocycles. The lowest BCUT2D eigenvalue weighted by Gasteiger charge is -2.12. The number of benzene rings is 1. The van der Waals surface area contributed by atoms with Crippen LogP contribution in [0.2, 0.25) is 5.02 Å². The Balaban J connectivity index is 1.88. The van der Waals surface area contributed by atoms with Gasteiger partial charge in [-0.05, 0) is 37.1 Å². The Kier molecular flexibility index (Phi) is 6.04. The maximum Gasteiger partial charge on any atom is 0.179 e. The summed E-state index contributed by atoms with van der Waals surface area (Å²) >= 11 is 6.25. The zero-order valence-electron chi connectivity index (χ0n) is 11.6. The van der Waals surface area contributed by atoms with Crippen molar-refractivity contribution in [2.45, 2.75) is 32.2 Å². The fourth-order valence-electron chi connectivity index (χ4n) is 2.10. The number of rotatable bonds is 6. The van der Waals surface area contributed by atoms with Gasteiger partial charge in [-0.15, -0.1) is 12.3 Å². The zero-order valence-corrected chi connectivity index (χ0v) is 12.3. The monoisotopic (exact) mass is 293 g/mol. The predicted molar refractivity (Wildman–Crippen MR) is 81.4 cm³/mol. The summed E-state index contributed by atoms with van der Waals surface area (Å²) in [4.78, 5) is 0. The Morgan fingerprint density at radius 2 is 2.10 bits per heavy atom. The first-order valence-electron chi connectivity index (χ1n) is 7.03. The van der Waals surface area contributed by atoms with E-state index in [0.717, 1.165) is 50.1 Å². The van der Waals surface area contributed by atoms with E-state index in [1.54, 1.807) is 0 Å². The molecule has 1 N–H and O–H groups in total. The molecule has 0 atom stereocenters. The maximum absolute atomic E-state index is 6.25. The van der Waals surface area contributed by atoms with Crippen molar-refractivity contribution in [3.8, 4) is 23.8 Å². The molecule has 20 heavy (non-hydrogen) atoms. The Hall–Kier alpha value is -1.37. The minimum Gasteiger partial charge on any atom is -0.489 e. The first kappa shape index (κ1) is 15.0. The molecule has 0 spiro atoms. The summed E-state index contributed by atoms with van der Waals surface area (Å²) in [5, 5.41) is 4.01. The van der Waals surface area contributed by atoms with Gasteiger partial charge in [-0.3, -0.25) is 0 Å². The Bertz CT molecular complexity index is 482. The molecule has 0 amide bonds. The van der Waals surface area contributed by atoms with Gasteiger partial charge >= 0.3 is 0 Å². The average molecular weight is 294 g/mol. The van der Waals surface area contributed by atoms with Crippen LogP contribution in [0.15, 0.2) is 12.1 Å². The Morgan fingerprint density at radius 1 is 1.25 bits per heavy atom. The van der Waals surface area contributed by atoms with E-state index in [1.165, 1.54) is 0 Å². The van der Waals surface area contributed by atoms with E-state index in [4.69, 9.17) is 27.5 Å². The van der Waals surface area contributed by atoms with Gasteiger partial charge in [-0.1, -0.05) is 11.6 Å². The maximum atomic E-state index is 6.25. The lowest BCUT2D eigenvalue weighted by Crippen LogP contribution is -2.14. The normalized spacial score (nSPS) is 13.6. The summed E-state index contributed by atoms with van der Waals surface area (Å²) in [6, 6.07) is 3.93. The molecule has 0 unspecified atom stereocenters. The number of ether oxygens (including phenoxy) is 2. The van der Waals surface area contributed by atoms with Crippen LogP contribution in [0.4, 0.5) is 0 Å². The SMILES string of the molecule is C#CCCCCNCc1cc(Cl)c2c(c1)OCCCO2. The van der Waals surface area contributed by atoms with Crippen molar-refractivity contribution in [1.29, 1.82) is 0 Å². The number of unbranched alkanes of at least 4 members (excludes halogenated alkanes) is 2. The summed E-state index contributed by atoms with van der Waals surface area (Å²) in [6.45, 7) is 3.05. The number of hydrogen-bond donors (Lipinski definition) is 1. The average Bonchev–Trinajstić information content (AvgIpc) is 2.68. The molecule has 0 saturated carbocycles. The predicted octanol–water partition coefficient (Wildman–Crippen LogP) is 3.39. The number of terminal acetylenes is 1. The number of nitrogens with one attached hydrogen (secondary N) is 1. The molecule has 1 heterocycles. The molecule has 0 aromatic heterocycles. The minimum atomic E-state index is 0.619. The topological polar surface area (TPSA) is 30.5 Å². The van der Waals surface area contributed by atoms with Crippen LogP contribution in [0.1, 0.15) is 31.2 Å². The lowest BCUT2D eigenvalue weighted by molar-refractivity contribution is 0.297. The van der Waals surface area contributed by atoms with Gasteiger partial charge in [0.05, 0.1) is 18.2 Å². The van der Waals surface area contributed by atoms with Gasteiger partial charge in [0.2, 0.25) is 0 Å². The van der Waals surface area contributed by atoms with Crippen LogP contribution in [0, 0.1) is 12.3 Å². The smallest absolute Gasteiger partial charge is 0.179 e. The fraction of sp³-hybridized carbons (Fsp3) is 0.500. The highest BCUT2D eigenvalue weighted by molar-refractivity contribution is 6.32. The third-order valence-corrected chi connectivity index (χ3v) is 3.40. The second-order valence-electron chi connectivity index (χ2n) is 4.79. The van der Waals surface area contributed by atoms with Crippen LogP contribution < -0.4 is 14.8 Å². The standard InChI is InChI=1S/C16H20ClNO2/c1-2-3-4-5-7-18-12-13-10-14(17)16-15(11-13)19-8-6-9-20-16/h1,10-11,18H,3-9,12H2. The van der Waals surface area contributed by atoms with E-state index in [1.807, 2.05) is 12.1 Å². The van der Waals surface area contributed by atoms with Crippen LogP contribution in [0.3, 0.4) is 0 Å². The highest BCUT2D eigenvalue weighted by atomic mass is 35.5. The molecule has 1 aliphatic heterocycles. The fourth-order valence-corrected chi connectivity index (χ4v) is 2.38. The third-order valence-electron chi connectivity index (χ3n) is 3.12. The zero-order chi connectivity index (χ0) is 14.2. The molecule has 108 valence electrons. The molecule has 3 nitrogen and oxygen atoms in total. The molecular formula is C16H20ClNO2. The third kappa shape index (κ3) is 4.33. The quantitative estimate of drug-likeness (QED) is 0.644. The van der Waals surface area contributed by atoms with Gasteiger partial charge in [0.25, 0.3) is 0 Å². The molecule has 2 rings (SSSR count). The second kappa shape index (κ2) is 8.04. The van der Waals surface area contributed by atoms with Crippen LogP contribution in [-0.2, 0) is 6.54 Å². The summed E-state index contributed by atoms with van der Waals surface area (Å²) in [6.07, 6.45) is 9.09. The van der Waals surface area contributed by atoms with Gasteiger partial charge in [0.15, 0.2) is 11.5 Å². The molecule has 4 heteroatoms. The second-order valence-corrected chi connectivity index (χ2v) is 5.20. The van der Waals surface area contributed by atoms with E-state index in [0.29, 0.717) is 24.0 Å². The van der Waals surface area contributed by atoms with Gasteiger partial charge < -0.3 is 14.8 Å². The van der Waals surface area contributed by atoms with Gasteiger partial charge in [-0.2, -0.15) is 0 Å². The van der Waals surface area contributed by atoms with Gasteiger partial charge in [0, 0.05) is 19.4 Å². The van der Waals surface area contributed by atoms with Crippen LogP contribution in [0.25, 0.3) is 0 Å². The van der Waals surface area contributed by atoms with E-state index in [9.17, 15) is 0 Å². The van der Waals surface area contributed by atoms with Crippen molar-refractivity contribution in [2.75, 3.05) is 19.8 Å². The van der Waals surface area contributed by atoms with Crippen molar-refractivity contribution in [2.24, 2.45) is 0 Å². The summed E-state index contributed by atoms with van der Waals surface area (Å²) in [7, 11) is 0. The first-order chi connectivity index (χ1) is 9.81. The van der Waals surface area contributed by atoms with Crippen molar-refractivity contribution in [3.63, 3.8) is 0 Å². The van der Waals surface area contributed by atoms with E-state index in [2.05, 4.69) is 11.2 Å². The van der Waals surface area contributed by atoms with Gasteiger partial charge in [-0.25, -0.2) is 0 Å². The molecule has 1 aliphatic rings. The molecule has 0 bridgehead atoms. The van der Waals surface area contributed by atoms with Crippen molar-refractivity contribution >= 4 is 11.6 Å². The van der Waals surface area contributed by atoms with E-state index >= 15 is 0 Å². The highest BCUT2D eigenvalue weighted by Crippen LogP contribution is 2.37. The Morgan fingerprint density at radius 3 is 2.95 bits per heavy atom. The minimum absolute atomic E-state index is 0.619. The van der Waals surface area contributed by atoms with E-state index < -0.39 is 0 Å². The molecule has 0 fully saturated rings. The van der Waals surface area contributed by atoms with Crippen molar-refractivity contribution in [1.82, 2.24) is 5.32 Å². The molecule has 0 saturated heterocycles. The first-order valence-corrected chi connectivity index (χ1v) is 7.41. The highest BCUT2D eigenvalue weighted by Gasteiger charge is 2.15. The molecule has 1 aromatic rings. The number of halogens is 1. The molecular weight excluding hydrogens is 274 g/mol. The summed E-state index contributed by atoms with van der Waals surface area (Å²) in [5.74, 6) is 4.07. The van der Waals surface area contributed by atoms with Crippen molar-refractivity contribution < 1.29 is 9.47 Å².